The maximum absolute atomic E-state index is 9.96. The molecule has 86 valence electrons. The van der Waals surface area contributed by atoms with Crippen molar-refractivity contribution in [1.82, 2.24) is 5.32 Å². The first-order chi connectivity index (χ1) is 7.58. The molecule has 0 amide bonds. The highest BCUT2D eigenvalue weighted by atomic mass is 35.5. The fraction of sp³-hybridized carbons (Fsp3) is 0.222. The van der Waals surface area contributed by atoms with Gasteiger partial charge in [-0.3, -0.25) is 0 Å². The van der Waals surface area contributed by atoms with E-state index in [1.165, 1.54) is 0 Å². The number of nitrogens with one attached hydrogen (secondary N) is 1. The highest BCUT2D eigenvalue weighted by Gasteiger charge is 1.98. The van der Waals surface area contributed by atoms with Crippen molar-refractivity contribution in [2.75, 3.05) is 6.54 Å². The summed E-state index contributed by atoms with van der Waals surface area (Å²) in [5, 5.41) is 15.3. The lowest BCUT2D eigenvalue weighted by molar-refractivity contribution is -0.485. The van der Waals surface area contributed by atoms with Gasteiger partial charge in [-0.05, 0) is 24.1 Å². The Morgan fingerprint density at radius 2 is 2.12 bits per heavy atom. The SMILES string of the molecule is N/C(=N/[N+](=O)[O-])NCCc1ccc(Cl)cc1. The maximum Gasteiger partial charge on any atom is 0.266 e. The Morgan fingerprint density at radius 1 is 1.50 bits per heavy atom. The zero-order valence-electron chi connectivity index (χ0n) is 8.39. The van der Waals surface area contributed by atoms with Gasteiger partial charge in [0.2, 0.25) is 0 Å². The van der Waals surface area contributed by atoms with E-state index in [0.29, 0.717) is 18.0 Å². The summed E-state index contributed by atoms with van der Waals surface area (Å²) in [6.45, 7) is 0.477. The van der Waals surface area contributed by atoms with Crippen LogP contribution in [0.2, 0.25) is 5.02 Å². The van der Waals surface area contributed by atoms with Gasteiger partial charge < -0.3 is 11.1 Å². The molecule has 6 nitrogen and oxygen atoms in total. The predicted octanol–water partition coefficient (Wildman–Crippen LogP) is 0.979. The number of hydrogen-bond acceptors (Lipinski definition) is 2. The summed E-state index contributed by atoms with van der Waals surface area (Å²) < 4.78 is 0. The molecule has 0 bridgehead atoms. The third kappa shape index (κ3) is 4.61. The molecule has 0 saturated heterocycles. The minimum absolute atomic E-state index is 0.195. The van der Waals surface area contributed by atoms with E-state index < -0.39 is 5.03 Å². The second kappa shape index (κ2) is 5.92. The molecule has 0 aliphatic rings. The average Bonchev–Trinajstić information content (AvgIpc) is 2.20. The molecule has 1 rings (SSSR count). The molecule has 0 fully saturated rings. The minimum atomic E-state index is -0.843. The van der Waals surface area contributed by atoms with Gasteiger partial charge in [-0.2, -0.15) is 0 Å². The van der Waals surface area contributed by atoms with Gasteiger partial charge in [0, 0.05) is 11.6 Å². The fourth-order valence-electron chi connectivity index (χ4n) is 1.11. The molecule has 0 atom stereocenters. The maximum atomic E-state index is 9.96. The number of hydrogen-bond donors (Lipinski definition) is 2. The summed E-state index contributed by atoms with van der Waals surface area (Å²) in [4.78, 5) is 9.96. The second-order valence-electron chi connectivity index (χ2n) is 3.03. The molecule has 0 aromatic heterocycles. The van der Waals surface area contributed by atoms with Crippen LogP contribution in [0.3, 0.4) is 0 Å². The number of halogens is 1. The molecule has 1 aromatic rings. The Hall–Kier alpha value is -1.82. The van der Waals surface area contributed by atoms with E-state index in [1.807, 2.05) is 12.1 Å². The molecule has 7 heteroatoms. The number of nitrogens with zero attached hydrogens (tertiary/aromatic N) is 2. The largest absolute Gasteiger partial charge is 0.365 e. The first kappa shape index (κ1) is 12.3. The Bertz CT molecular complexity index is 391. The molecule has 3 N–H and O–H groups in total. The van der Waals surface area contributed by atoms with E-state index >= 15 is 0 Å². The Kier molecular flexibility index (Phi) is 4.53. The lowest BCUT2D eigenvalue weighted by atomic mass is 10.1. The van der Waals surface area contributed by atoms with Crippen LogP contribution in [0.15, 0.2) is 29.4 Å². The first-order valence-electron chi connectivity index (χ1n) is 4.54. The molecule has 0 spiro atoms. The molecule has 0 unspecified atom stereocenters. The quantitative estimate of drug-likeness (QED) is 0.356. The zero-order chi connectivity index (χ0) is 12.0. The van der Waals surface area contributed by atoms with Crippen molar-refractivity contribution >= 4 is 17.6 Å². The molecule has 1 aromatic carbocycles. The molecule has 16 heavy (non-hydrogen) atoms. The van der Waals surface area contributed by atoms with Crippen LogP contribution in [-0.2, 0) is 6.42 Å². The van der Waals surface area contributed by atoms with Crippen molar-refractivity contribution in [1.29, 1.82) is 0 Å². The molecule has 0 saturated carbocycles. The van der Waals surface area contributed by atoms with Gasteiger partial charge in [0.25, 0.3) is 5.96 Å². The van der Waals surface area contributed by atoms with E-state index in [2.05, 4.69) is 10.4 Å². The summed E-state index contributed by atoms with van der Waals surface area (Å²) in [6, 6.07) is 7.33. The van der Waals surface area contributed by atoms with Gasteiger partial charge in [0.05, 0.1) is 0 Å². The van der Waals surface area contributed by atoms with Crippen LogP contribution in [0.5, 0.6) is 0 Å². The van der Waals surface area contributed by atoms with Gasteiger partial charge in [-0.1, -0.05) is 23.7 Å². The van der Waals surface area contributed by atoms with Crippen molar-refractivity contribution in [3.63, 3.8) is 0 Å². The number of guanidine groups is 1. The van der Waals surface area contributed by atoms with Crippen LogP contribution in [0.4, 0.5) is 0 Å². The van der Waals surface area contributed by atoms with Gasteiger partial charge >= 0.3 is 0 Å². The Balaban J connectivity index is 2.36. The van der Waals surface area contributed by atoms with Crippen LogP contribution in [0, 0.1) is 10.1 Å². The summed E-state index contributed by atoms with van der Waals surface area (Å²) in [5.74, 6) is -0.195. The van der Waals surface area contributed by atoms with Crippen LogP contribution < -0.4 is 11.1 Å². The third-order valence-electron chi connectivity index (χ3n) is 1.82. The van der Waals surface area contributed by atoms with E-state index in [4.69, 9.17) is 17.3 Å². The van der Waals surface area contributed by atoms with E-state index in [9.17, 15) is 10.1 Å². The second-order valence-corrected chi connectivity index (χ2v) is 3.46. The van der Waals surface area contributed by atoms with Crippen LogP contribution >= 0.6 is 11.6 Å². The molecular formula is C9H11ClN4O2. The molecular weight excluding hydrogens is 232 g/mol. The number of nitrogens with two attached hydrogens (primary N) is 1. The van der Waals surface area contributed by atoms with E-state index in [-0.39, 0.29) is 5.96 Å². The van der Waals surface area contributed by atoms with Gasteiger partial charge in [-0.25, -0.2) is 10.1 Å². The Labute approximate surface area is 97.2 Å². The first-order valence-corrected chi connectivity index (χ1v) is 4.92. The van der Waals surface area contributed by atoms with E-state index in [1.54, 1.807) is 12.1 Å². The van der Waals surface area contributed by atoms with Crippen LogP contribution in [0.1, 0.15) is 5.56 Å². The fourth-order valence-corrected chi connectivity index (χ4v) is 1.24. The highest BCUT2D eigenvalue weighted by Crippen LogP contribution is 2.09. The number of hydrazone groups is 1. The average molecular weight is 243 g/mol. The normalized spacial score (nSPS) is 11.2. The van der Waals surface area contributed by atoms with Crippen molar-refractivity contribution in [3.05, 3.63) is 45.0 Å². The van der Waals surface area contributed by atoms with Crippen molar-refractivity contribution in [2.24, 2.45) is 10.8 Å². The topological polar surface area (TPSA) is 93.5 Å². The summed E-state index contributed by atoms with van der Waals surface area (Å²) in [6.07, 6.45) is 0.686. The Morgan fingerprint density at radius 3 is 2.69 bits per heavy atom. The third-order valence-corrected chi connectivity index (χ3v) is 2.07. The molecule has 0 aliphatic carbocycles. The van der Waals surface area contributed by atoms with E-state index in [0.717, 1.165) is 5.56 Å². The van der Waals surface area contributed by atoms with Crippen molar-refractivity contribution < 1.29 is 5.03 Å². The van der Waals surface area contributed by atoms with Crippen molar-refractivity contribution in [2.45, 2.75) is 6.42 Å². The lowest BCUT2D eigenvalue weighted by Gasteiger charge is -2.03. The number of nitro groups is 1. The monoisotopic (exact) mass is 242 g/mol. The molecule has 0 aliphatic heterocycles. The zero-order valence-corrected chi connectivity index (χ0v) is 9.15. The summed E-state index contributed by atoms with van der Waals surface area (Å²) in [5.41, 5.74) is 6.30. The van der Waals surface area contributed by atoms with Crippen LogP contribution in [0.25, 0.3) is 0 Å². The number of benzene rings is 1. The lowest BCUT2D eigenvalue weighted by Crippen LogP contribution is -2.33. The predicted molar refractivity (Wildman–Crippen MR) is 61.8 cm³/mol. The van der Waals surface area contributed by atoms with Gasteiger partial charge in [0.15, 0.2) is 5.03 Å². The number of rotatable bonds is 4. The molecule has 0 heterocycles. The van der Waals surface area contributed by atoms with Gasteiger partial charge in [0.1, 0.15) is 5.10 Å². The van der Waals surface area contributed by atoms with Crippen LogP contribution in [-0.4, -0.2) is 17.5 Å². The summed E-state index contributed by atoms with van der Waals surface area (Å²) in [7, 11) is 0. The standard InChI is InChI=1S/C9H11ClN4O2/c10-8-3-1-7(2-4-8)5-6-12-9(11)13-14(15)16/h1-4H,5-6H2,(H3,11,12,13). The molecule has 0 radical (unpaired) electrons. The smallest absolute Gasteiger partial charge is 0.266 e. The highest BCUT2D eigenvalue weighted by molar-refractivity contribution is 6.30. The minimum Gasteiger partial charge on any atom is -0.365 e. The van der Waals surface area contributed by atoms with Gasteiger partial charge in [-0.15, -0.1) is 0 Å². The van der Waals surface area contributed by atoms with Crippen molar-refractivity contribution in [3.8, 4) is 0 Å². The summed E-state index contributed by atoms with van der Waals surface area (Å²) >= 11 is 5.72.